The predicted molar refractivity (Wildman–Crippen MR) is 59.2 cm³/mol. The van der Waals surface area contributed by atoms with Crippen LogP contribution in [0.2, 0.25) is 0 Å². The average Bonchev–Trinajstić information content (AvgIpc) is 2.63. The van der Waals surface area contributed by atoms with Crippen molar-refractivity contribution in [2.45, 2.75) is 32.0 Å². The van der Waals surface area contributed by atoms with E-state index in [-0.39, 0.29) is 0 Å². The number of nitrogens with one attached hydrogen (secondary N) is 2. The van der Waals surface area contributed by atoms with Gasteiger partial charge in [0.1, 0.15) is 0 Å². The van der Waals surface area contributed by atoms with Gasteiger partial charge in [0.15, 0.2) is 0 Å². The fourth-order valence-electron chi connectivity index (χ4n) is 1.98. The Balaban J connectivity index is 1.82. The second kappa shape index (κ2) is 4.58. The summed E-state index contributed by atoms with van der Waals surface area (Å²) in [5, 5.41) is 7.03. The second-order valence-electron chi connectivity index (χ2n) is 4.00. The highest BCUT2D eigenvalue weighted by atomic mass is 15.1. The molecule has 1 aliphatic heterocycles. The van der Waals surface area contributed by atoms with Crippen LogP contribution in [0.5, 0.6) is 0 Å². The summed E-state index contributed by atoms with van der Waals surface area (Å²) < 4.78 is 0. The van der Waals surface area contributed by atoms with Crippen molar-refractivity contribution in [3.05, 3.63) is 35.9 Å². The summed E-state index contributed by atoms with van der Waals surface area (Å²) in [6.07, 6.45) is 1.24. The van der Waals surface area contributed by atoms with E-state index in [0.717, 1.165) is 13.1 Å². The van der Waals surface area contributed by atoms with Crippen molar-refractivity contribution in [2.24, 2.45) is 0 Å². The molecule has 1 aliphatic rings. The normalized spacial score (nSPS) is 26.6. The SMILES string of the molecule is CC1NCCC1NCc1ccccc1. The third-order valence-electron chi connectivity index (χ3n) is 2.94. The van der Waals surface area contributed by atoms with Crippen LogP contribution in [0.3, 0.4) is 0 Å². The van der Waals surface area contributed by atoms with E-state index in [1.807, 2.05) is 0 Å². The summed E-state index contributed by atoms with van der Waals surface area (Å²) >= 11 is 0. The highest BCUT2D eigenvalue weighted by Crippen LogP contribution is 2.07. The highest BCUT2D eigenvalue weighted by molar-refractivity contribution is 5.14. The minimum Gasteiger partial charge on any atom is -0.313 e. The maximum Gasteiger partial charge on any atom is 0.0233 e. The maximum absolute atomic E-state index is 3.59. The lowest BCUT2D eigenvalue weighted by Crippen LogP contribution is -2.37. The minimum absolute atomic E-state index is 0.610. The number of hydrogen-bond acceptors (Lipinski definition) is 2. The van der Waals surface area contributed by atoms with E-state index in [0.29, 0.717) is 12.1 Å². The molecule has 2 nitrogen and oxygen atoms in total. The number of hydrogen-bond donors (Lipinski definition) is 2. The smallest absolute Gasteiger partial charge is 0.0233 e. The second-order valence-corrected chi connectivity index (χ2v) is 4.00. The Labute approximate surface area is 85.7 Å². The number of benzene rings is 1. The van der Waals surface area contributed by atoms with Crippen LogP contribution in [-0.2, 0) is 6.54 Å². The molecule has 0 radical (unpaired) electrons. The zero-order valence-electron chi connectivity index (χ0n) is 8.66. The molecule has 2 heteroatoms. The van der Waals surface area contributed by atoms with Gasteiger partial charge in [-0.3, -0.25) is 0 Å². The lowest BCUT2D eigenvalue weighted by Gasteiger charge is -2.16. The summed E-state index contributed by atoms with van der Waals surface area (Å²) in [4.78, 5) is 0. The van der Waals surface area contributed by atoms with Crippen LogP contribution >= 0.6 is 0 Å². The van der Waals surface area contributed by atoms with Crippen LogP contribution in [-0.4, -0.2) is 18.6 Å². The van der Waals surface area contributed by atoms with Crippen molar-refractivity contribution in [3.8, 4) is 0 Å². The molecule has 76 valence electrons. The number of rotatable bonds is 3. The Hall–Kier alpha value is -0.860. The first kappa shape index (κ1) is 9.69. The fourth-order valence-corrected chi connectivity index (χ4v) is 1.98. The molecule has 0 spiro atoms. The molecule has 0 aromatic heterocycles. The van der Waals surface area contributed by atoms with Crippen molar-refractivity contribution < 1.29 is 0 Å². The van der Waals surface area contributed by atoms with Gasteiger partial charge >= 0.3 is 0 Å². The van der Waals surface area contributed by atoms with Gasteiger partial charge in [-0.1, -0.05) is 30.3 Å². The van der Waals surface area contributed by atoms with Crippen LogP contribution in [0.15, 0.2) is 30.3 Å². The zero-order chi connectivity index (χ0) is 9.80. The van der Waals surface area contributed by atoms with Gasteiger partial charge in [0, 0.05) is 18.6 Å². The molecule has 2 atom stereocenters. The average molecular weight is 190 g/mol. The Kier molecular flexibility index (Phi) is 3.17. The van der Waals surface area contributed by atoms with Crippen molar-refractivity contribution in [2.75, 3.05) is 6.54 Å². The van der Waals surface area contributed by atoms with Gasteiger partial charge < -0.3 is 10.6 Å². The molecule has 2 rings (SSSR count). The lowest BCUT2D eigenvalue weighted by molar-refractivity contribution is 0.472. The van der Waals surface area contributed by atoms with Gasteiger partial charge in [-0.2, -0.15) is 0 Å². The topological polar surface area (TPSA) is 24.1 Å². The molecule has 1 aromatic rings. The first-order valence-corrected chi connectivity index (χ1v) is 5.37. The lowest BCUT2D eigenvalue weighted by atomic mass is 10.1. The quantitative estimate of drug-likeness (QED) is 0.755. The van der Waals surface area contributed by atoms with E-state index in [2.05, 4.69) is 47.9 Å². The van der Waals surface area contributed by atoms with E-state index in [1.54, 1.807) is 0 Å². The fraction of sp³-hybridized carbons (Fsp3) is 0.500. The van der Waals surface area contributed by atoms with Crippen LogP contribution in [0.1, 0.15) is 18.9 Å². The van der Waals surface area contributed by atoms with Crippen LogP contribution in [0.4, 0.5) is 0 Å². The van der Waals surface area contributed by atoms with Crippen molar-refractivity contribution in [3.63, 3.8) is 0 Å². The molecule has 1 heterocycles. The van der Waals surface area contributed by atoms with Crippen LogP contribution in [0, 0.1) is 0 Å². The molecule has 0 bridgehead atoms. The molecule has 2 unspecified atom stereocenters. The molecule has 1 fully saturated rings. The third-order valence-corrected chi connectivity index (χ3v) is 2.94. The molecule has 2 N–H and O–H groups in total. The summed E-state index contributed by atoms with van der Waals surface area (Å²) in [5.41, 5.74) is 1.37. The Bertz CT molecular complexity index is 271. The molecular weight excluding hydrogens is 172 g/mol. The molecule has 0 saturated carbocycles. The van der Waals surface area contributed by atoms with E-state index in [4.69, 9.17) is 0 Å². The van der Waals surface area contributed by atoms with Crippen molar-refractivity contribution in [1.82, 2.24) is 10.6 Å². The summed E-state index contributed by atoms with van der Waals surface area (Å²) in [5.74, 6) is 0. The highest BCUT2D eigenvalue weighted by Gasteiger charge is 2.21. The van der Waals surface area contributed by atoms with Crippen LogP contribution in [0.25, 0.3) is 0 Å². The van der Waals surface area contributed by atoms with Crippen LogP contribution < -0.4 is 10.6 Å². The van der Waals surface area contributed by atoms with Gasteiger partial charge in [0.25, 0.3) is 0 Å². The Morgan fingerprint density at radius 1 is 1.36 bits per heavy atom. The molecule has 1 aromatic carbocycles. The van der Waals surface area contributed by atoms with Gasteiger partial charge in [0.2, 0.25) is 0 Å². The Morgan fingerprint density at radius 2 is 2.14 bits per heavy atom. The van der Waals surface area contributed by atoms with E-state index >= 15 is 0 Å². The third kappa shape index (κ3) is 2.34. The van der Waals surface area contributed by atoms with Gasteiger partial charge in [-0.25, -0.2) is 0 Å². The van der Waals surface area contributed by atoms with Gasteiger partial charge in [0.05, 0.1) is 0 Å². The molecular formula is C12H18N2. The first-order chi connectivity index (χ1) is 6.86. The molecule has 14 heavy (non-hydrogen) atoms. The summed E-state index contributed by atoms with van der Waals surface area (Å²) in [6.45, 7) is 4.38. The maximum atomic E-state index is 3.59. The largest absolute Gasteiger partial charge is 0.313 e. The monoisotopic (exact) mass is 190 g/mol. The summed E-state index contributed by atoms with van der Waals surface area (Å²) in [6, 6.07) is 11.8. The van der Waals surface area contributed by atoms with Gasteiger partial charge in [-0.15, -0.1) is 0 Å². The zero-order valence-corrected chi connectivity index (χ0v) is 8.66. The van der Waals surface area contributed by atoms with E-state index in [9.17, 15) is 0 Å². The van der Waals surface area contributed by atoms with E-state index < -0.39 is 0 Å². The first-order valence-electron chi connectivity index (χ1n) is 5.37. The van der Waals surface area contributed by atoms with E-state index in [1.165, 1.54) is 12.0 Å². The molecule has 0 amide bonds. The molecule has 0 aliphatic carbocycles. The molecule has 1 saturated heterocycles. The standard InChI is InChI=1S/C12H18N2/c1-10-12(7-8-13-10)14-9-11-5-3-2-4-6-11/h2-6,10,12-14H,7-9H2,1H3. The van der Waals surface area contributed by atoms with Crippen molar-refractivity contribution in [1.29, 1.82) is 0 Å². The van der Waals surface area contributed by atoms with Gasteiger partial charge in [-0.05, 0) is 25.5 Å². The minimum atomic E-state index is 0.610. The van der Waals surface area contributed by atoms with Crippen molar-refractivity contribution >= 4 is 0 Å². The Morgan fingerprint density at radius 3 is 2.79 bits per heavy atom. The summed E-state index contributed by atoms with van der Waals surface area (Å²) in [7, 11) is 0. The predicted octanol–water partition coefficient (Wildman–Crippen LogP) is 1.53.